The van der Waals surface area contributed by atoms with Crippen LogP contribution in [-0.4, -0.2) is 36.4 Å². The number of carbonyl (C=O) groups excluding carboxylic acids is 3. The second-order valence-electron chi connectivity index (χ2n) is 6.37. The Bertz CT molecular complexity index is 1010. The van der Waals surface area contributed by atoms with Crippen LogP contribution in [0.25, 0.3) is 11.3 Å². The second-order valence-corrected chi connectivity index (χ2v) is 6.37. The molecule has 8 heteroatoms. The lowest BCUT2D eigenvalue weighted by Crippen LogP contribution is -2.30. The quantitative estimate of drug-likeness (QED) is 0.556. The monoisotopic (exact) mass is 407 g/mol. The number of nitrogens with zero attached hydrogens (tertiary/aromatic N) is 1. The maximum absolute atomic E-state index is 12.2. The summed E-state index contributed by atoms with van der Waals surface area (Å²) in [6.45, 7) is -0.208. The largest absolute Gasteiger partial charge is 0.468 e. The van der Waals surface area contributed by atoms with Gasteiger partial charge in [-0.2, -0.15) is 0 Å². The number of hydrogen-bond donors (Lipinski definition) is 2. The van der Waals surface area contributed by atoms with Gasteiger partial charge in [0.15, 0.2) is 11.7 Å². The smallest absolute Gasteiger partial charge is 0.325 e. The Kier molecular flexibility index (Phi) is 6.94. The first-order valence-corrected chi connectivity index (χ1v) is 9.30. The van der Waals surface area contributed by atoms with Crippen LogP contribution in [0, 0.1) is 0 Å². The minimum atomic E-state index is -0.533. The maximum atomic E-state index is 12.2. The molecule has 2 N–H and O–H groups in total. The van der Waals surface area contributed by atoms with Crippen LogP contribution in [-0.2, 0) is 20.7 Å². The zero-order valence-corrected chi connectivity index (χ0v) is 16.4. The van der Waals surface area contributed by atoms with Crippen LogP contribution < -0.4 is 10.6 Å². The molecule has 0 saturated carbocycles. The highest BCUT2D eigenvalue weighted by Gasteiger charge is 2.11. The van der Waals surface area contributed by atoms with Crippen molar-refractivity contribution < 1.29 is 23.5 Å². The minimum Gasteiger partial charge on any atom is -0.468 e. The van der Waals surface area contributed by atoms with Crippen molar-refractivity contribution in [2.75, 3.05) is 19.0 Å². The molecule has 0 aliphatic heterocycles. The SMILES string of the molecule is COC(=O)CNC(=O)c1ccc(NC(=O)CCc2ncc(-c3ccccc3)o2)cc1. The van der Waals surface area contributed by atoms with Gasteiger partial charge in [-0.25, -0.2) is 4.98 Å². The highest BCUT2D eigenvalue weighted by molar-refractivity contribution is 5.97. The molecule has 2 aromatic carbocycles. The molecule has 1 aromatic heterocycles. The maximum Gasteiger partial charge on any atom is 0.325 e. The predicted octanol–water partition coefficient (Wildman–Crippen LogP) is 2.82. The zero-order valence-electron chi connectivity index (χ0n) is 16.4. The number of amides is 2. The number of esters is 1. The third kappa shape index (κ3) is 5.78. The van der Waals surface area contributed by atoms with Crippen molar-refractivity contribution in [1.82, 2.24) is 10.3 Å². The molecule has 0 bridgehead atoms. The zero-order chi connectivity index (χ0) is 21.3. The molecule has 0 fully saturated rings. The van der Waals surface area contributed by atoms with Crippen LogP contribution in [0.4, 0.5) is 5.69 Å². The topological polar surface area (TPSA) is 111 Å². The summed E-state index contributed by atoms with van der Waals surface area (Å²) in [4.78, 5) is 39.4. The molecule has 30 heavy (non-hydrogen) atoms. The average molecular weight is 407 g/mol. The van der Waals surface area contributed by atoms with E-state index in [-0.39, 0.29) is 18.9 Å². The summed E-state index contributed by atoms with van der Waals surface area (Å²) >= 11 is 0. The third-order valence-corrected chi connectivity index (χ3v) is 4.23. The molecule has 3 rings (SSSR count). The molecule has 0 radical (unpaired) electrons. The van der Waals surface area contributed by atoms with Crippen molar-refractivity contribution in [1.29, 1.82) is 0 Å². The summed E-state index contributed by atoms with van der Waals surface area (Å²) in [7, 11) is 1.25. The summed E-state index contributed by atoms with van der Waals surface area (Å²) in [5.74, 6) is 0.0108. The van der Waals surface area contributed by atoms with Crippen LogP contribution in [0.2, 0.25) is 0 Å². The van der Waals surface area contributed by atoms with Gasteiger partial charge in [0.2, 0.25) is 5.91 Å². The molecular weight excluding hydrogens is 386 g/mol. The third-order valence-electron chi connectivity index (χ3n) is 4.23. The molecule has 0 atom stereocenters. The Morgan fingerprint density at radius 3 is 2.47 bits per heavy atom. The van der Waals surface area contributed by atoms with Crippen LogP contribution in [0.5, 0.6) is 0 Å². The number of carbonyl (C=O) groups is 3. The molecule has 3 aromatic rings. The molecule has 0 aliphatic carbocycles. The molecule has 2 amide bonds. The van der Waals surface area contributed by atoms with Gasteiger partial charge in [0.1, 0.15) is 6.54 Å². The molecule has 0 spiro atoms. The first-order valence-electron chi connectivity index (χ1n) is 9.30. The lowest BCUT2D eigenvalue weighted by atomic mass is 10.2. The van der Waals surface area contributed by atoms with E-state index in [0.717, 1.165) is 5.56 Å². The van der Waals surface area contributed by atoms with Crippen molar-refractivity contribution in [3.05, 3.63) is 72.2 Å². The Balaban J connectivity index is 1.47. The number of aryl methyl sites for hydroxylation is 1. The van der Waals surface area contributed by atoms with E-state index >= 15 is 0 Å². The Hall–Kier alpha value is -3.94. The van der Waals surface area contributed by atoms with E-state index < -0.39 is 11.9 Å². The molecular formula is C22H21N3O5. The summed E-state index contributed by atoms with van der Waals surface area (Å²) in [6.07, 6.45) is 2.22. The van der Waals surface area contributed by atoms with E-state index in [2.05, 4.69) is 20.4 Å². The number of nitrogens with one attached hydrogen (secondary N) is 2. The number of rotatable bonds is 8. The molecule has 0 unspecified atom stereocenters. The van der Waals surface area contributed by atoms with Crippen LogP contribution in [0.3, 0.4) is 0 Å². The van der Waals surface area contributed by atoms with Crippen molar-refractivity contribution in [3.8, 4) is 11.3 Å². The van der Waals surface area contributed by atoms with Crippen LogP contribution in [0.1, 0.15) is 22.7 Å². The Morgan fingerprint density at radius 1 is 1.03 bits per heavy atom. The number of oxazole rings is 1. The first kappa shape index (κ1) is 20.8. The van der Waals surface area contributed by atoms with Crippen LogP contribution in [0.15, 0.2) is 65.2 Å². The van der Waals surface area contributed by atoms with Gasteiger partial charge in [0, 0.05) is 29.7 Å². The molecule has 154 valence electrons. The number of benzene rings is 2. The lowest BCUT2D eigenvalue weighted by molar-refractivity contribution is -0.139. The van der Waals surface area contributed by atoms with E-state index in [4.69, 9.17) is 4.42 Å². The fraction of sp³-hybridized carbons (Fsp3) is 0.182. The van der Waals surface area contributed by atoms with Gasteiger partial charge in [0.25, 0.3) is 5.91 Å². The van der Waals surface area contributed by atoms with Crippen molar-refractivity contribution in [3.63, 3.8) is 0 Å². The van der Waals surface area contributed by atoms with E-state index in [9.17, 15) is 14.4 Å². The lowest BCUT2D eigenvalue weighted by Gasteiger charge is -2.07. The van der Waals surface area contributed by atoms with E-state index in [1.54, 1.807) is 30.5 Å². The van der Waals surface area contributed by atoms with E-state index in [0.29, 0.717) is 29.3 Å². The van der Waals surface area contributed by atoms with Crippen molar-refractivity contribution in [2.24, 2.45) is 0 Å². The van der Waals surface area contributed by atoms with Gasteiger partial charge in [-0.1, -0.05) is 30.3 Å². The molecule has 0 aliphatic rings. The van der Waals surface area contributed by atoms with Gasteiger partial charge >= 0.3 is 5.97 Å². The second kappa shape index (κ2) is 10.0. The van der Waals surface area contributed by atoms with Gasteiger partial charge in [-0.05, 0) is 24.3 Å². The van der Waals surface area contributed by atoms with Crippen molar-refractivity contribution in [2.45, 2.75) is 12.8 Å². The standard InChI is InChI=1S/C22H21N3O5/c1-29-21(27)14-24-22(28)16-7-9-17(10-8-16)25-19(26)11-12-20-23-13-18(30-20)15-5-3-2-4-6-15/h2-10,13H,11-12,14H2,1H3,(H,24,28)(H,25,26). The van der Waals surface area contributed by atoms with Gasteiger partial charge in [-0.3, -0.25) is 14.4 Å². The summed E-state index contributed by atoms with van der Waals surface area (Å²) in [6, 6.07) is 16.0. The predicted molar refractivity (Wildman–Crippen MR) is 110 cm³/mol. The number of anilines is 1. The number of aromatic nitrogens is 1. The van der Waals surface area contributed by atoms with Gasteiger partial charge in [0.05, 0.1) is 13.3 Å². The normalized spacial score (nSPS) is 10.3. The van der Waals surface area contributed by atoms with Gasteiger partial charge in [-0.15, -0.1) is 0 Å². The Labute approximate surface area is 173 Å². The summed E-state index contributed by atoms with van der Waals surface area (Å²) < 4.78 is 10.2. The first-order chi connectivity index (χ1) is 14.5. The highest BCUT2D eigenvalue weighted by atomic mass is 16.5. The highest BCUT2D eigenvalue weighted by Crippen LogP contribution is 2.20. The number of hydrogen-bond acceptors (Lipinski definition) is 6. The van der Waals surface area contributed by atoms with Crippen molar-refractivity contribution >= 4 is 23.5 Å². The van der Waals surface area contributed by atoms with E-state index in [1.807, 2.05) is 30.3 Å². The Morgan fingerprint density at radius 2 is 1.77 bits per heavy atom. The fourth-order valence-electron chi connectivity index (χ4n) is 2.64. The number of ether oxygens (including phenoxy) is 1. The van der Waals surface area contributed by atoms with Gasteiger partial charge < -0.3 is 19.8 Å². The summed E-state index contributed by atoms with van der Waals surface area (Å²) in [5, 5.41) is 5.21. The summed E-state index contributed by atoms with van der Waals surface area (Å²) in [5.41, 5.74) is 1.85. The number of methoxy groups -OCH3 is 1. The molecule has 8 nitrogen and oxygen atoms in total. The molecule has 0 saturated heterocycles. The average Bonchev–Trinajstić information content (AvgIpc) is 3.26. The minimum absolute atomic E-state index is 0.197. The molecule has 1 heterocycles. The van der Waals surface area contributed by atoms with Crippen LogP contribution >= 0.6 is 0 Å². The van der Waals surface area contributed by atoms with E-state index in [1.165, 1.54) is 7.11 Å². The fourth-order valence-corrected chi connectivity index (χ4v) is 2.64.